The lowest BCUT2D eigenvalue weighted by Crippen LogP contribution is -2.58. The Hall–Kier alpha value is -1.34. The molecule has 2 rings (SSSR count). The highest BCUT2D eigenvalue weighted by atomic mass is 16.5. The van der Waals surface area contributed by atoms with E-state index in [-0.39, 0.29) is 19.2 Å². The van der Waals surface area contributed by atoms with Crippen LogP contribution in [0.4, 0.5) is 4.79 Å². The van der Waals surface area contributed by atoms with Gasteiger partial charge in [0.1, 0.15) is 6.61 Å². The number of hydrogen-bond acceptors (Lipinski definition) is 4. The number of aliphatic carboxylic acids is 1. The fourth-order valence-electron chi connectivity index (χ4n) is 2.84. The van der Waals surface area contributed by atoms with Crippen molar-refractivity contribution in [2.24, 2.45) is 0 Å². The van der Waals surface area contributed by atoms with E-state index in [1.165, 1.54) is 19.3 Å². The predicted octanol–water partition coefficient (Wildman–Crippen LogP) is -0.0327. The maximum Gasteiger partial charge on any atom is 0.329 e. The Bertz CT molecular complexity index is 351. The van der Waals surface area contributed by atoms with Crippen LogP contribution in [0.15, 0.2) is 0 Å². The number of hydrogen-bond donors (Lipinski definition) is 2. The largest absolute Gasteiger partial charge is 0.480 e. The molecule has 2 aliphatic rings. The Balaban J connectivity index is 1.64. The van der Waals surface area contributed by atoms with Crippen molar-refractivity contribution in [3.8, 4) is 0 Å². The molecule has 2 amide bonds. The van der Waals surface area contributed by atoms with Gasteiger partial charge in [-0.2, -0.15) is 0 Å². The van der Waals surface area contributed by atoms with Crippen molar-refractivity contribution in [2.45, 2.75) is 25.3 Å². The maximum absolute atomic E-state index is 12.0. The molecule has 0 aromatic heterocycles. The molecule has 7 nitrogen and oxygen atoms in total. The van der Waals surface area contributed by atoms with Crippen molar-refractivity contribution in [2.75, 3.05) is 45.9 Å². The first kappa shape index (κ1) is 15.1. The number of carboxylic acids is 1. The summed E-state index contributed by atoms with van der Waals surface area (Å²) < 4.78 is 4.88. The molecule has 2 aliphatic heterocycles. The molecule has 0 aromatic rings. The van der Waals surface area contributed by atoms with Crippen LogP contribution in [0.2, 0.25) is 0 Å². The third kappa shape index (κ3) is 4.35. The molecule has 0 aliphatic carbocycles. The predicted molar refractivity (Wildman–Crippen MR) is 72.6 cm³/mol. The fraction of sp³-hybridized carbons (Fsp3) is 0.846. The number of piperazine rings is 1. The van der Waals surface area contributed by atoms with Gasteiger partial charge >= 0.3 is 12.0 Å². The number of fused-ring (bicyclic) bond motifs is 1. The van der Waals surface area contributed by atoms with Gasteiger partial charge in [0, 0.05) is 32.2 Å². The second kappa shape index (κ2) is 7.44. The van der Waals surface area contributed by atoms with Crippen molar-refractivity contribution in [3.05, 3.63) is 0 Å². The molecule has 0 radical (unpaired) electrons. The minimum absolute atomic E-state index is 0.0749. The monoisotopic (exact) mass is 285 g/mol. The highest BCUT2D eigenvalue weighted by Crippen LogP contribution is 2.20. The zero-order valence-corrected chi connectivity index (χ0v) is 11.7. The van der Waals surface area contributed by atoms with Crippen molar-refractivity contribution in [3.63, 3.8) is 0 Å². The second-order valence-electron chi connectivity index (χ2n) is 5.31. The minimum Gasteiger partial charge on any atom is -0.480 e. The van der Waals surface area contributed by atoms with Crippen molar-refractivity contribution >= 4 is 12.0 Å². The van der Waals surface area contributed by atoms with E-state index in [4.69, 9.17) is 9.84 Å². The van der Waals surface area contributed by atoms with E-state index in [1.807, 2.05) is 4.90 Å². The van der Waals surface area contributed by atoms with Crippen molar-refractivity contribution in [1.29, 1.82) is 0 Å². The highest BCUT2D eigenvalue weighted by Gasteiger charge is 2.30. The molecule has 0 spiro atoms. The molecule has 2 N–H and O–H groups in total. The Morgan fingerprint density at radius 2 is 2.10 bits per heavy atom. The van der Waals surface area contributed by atoms with E-state index < -0.39 is 5.97 Å². The number of nitrogens with one attached hydrogen (secondary N) is 1. The van der Waals surface area contributed by atoms with Crippen LogP contribution in [0.25, 0.3) is 0 Å². The van der Waals surface area contributed by atoms with Crippen LogP contribution in [0.3, 0.4) is 0 Å². The van der Waals surface area contributed by atoms with Gasteiger partial charge in [-0.05, 0) is 19.4 Å². The van der Waals surface area contributed by atoms with Crippen LogP contribution >= 0.6 is 0 Å². The third-order valence-corrected chi connectivity index (χ3v) is 3.87. The molecule has 2 fully saturated rings. The van der Waals surface area contributed by atoms with Crippen LogP contribution in [-0.2, 0) is 9.53 Å². The molecule has 114 valence electrons. The van der Waals surface area contributed by atoms with E-state index in [0.29, 0.717) is 12.6 Å². The maximum atomic E-state index is 12.0. The van der Waals surface area contributed by atoms with Gasteiger partial charge in [0.2, 0.25) is 0 Å². The lowest BCUT2D eigenvalue weighted by molar-refractivity contribution is -0.142. The Morgan fingerprint density at radius 3 is 2.90 bits per heavy atom. The summed E-state index contributed by atoms with van der Waals surface area (Å²) in [5.74, 6) is -0.996. The van der Waals surface area contributed by atoms with Crippen LogP contribution in [0.5, 0.6) is 0 Å². The number of amides is 2. The van der Waals surface area contributed by atoms with Gasteiger partial charge in [0.25, 0.3) is 0 Å². The number of rotatable bonds is 5. The number of ether oxygens (including phenoxy) is 1. The summed E-state index contributed by atoms with van der Waals surface area (Å²) in [6.45, 7) is 3.91. The summed E-state index contributed by atoms with van der Waals surface area (Å²) in [7, 11) is 0. The summed E-state index contributed by atoms with van der Waals surface area (Å²) in [6, 6.07) is 0.431. The van der Waals surface area contributed by atoms with Gasteiger partial charge < -0.3 is 20.1 Å². The second-order valence-corrected chi connectivity index (χ2v) is 5.31. The Labute approximate surface area is 118 Å². The normalized spacial score (nSPS) is 23.2. The van der Waals surface area contributed by atoms with Crippen molar-refractivity contribution < 1.29 is 19.4 Å². The summed E-state index contributed by atoms with van der Waals surface area (Å²) in [5, 5.41) is 11.2. The third-order valence-electron chi connectivity index (χ3n) is 3.87. The lowest BCUT2D eigenvalue weighted by atomic mass is 10.00. The van der Waals surface area contributed by atoms with Crippen LogP contribution in [0, 0.1) is 0 Å². The average Bonchev–Trinajstić information content (AvgIpc) is 2.46. The van der Waals surface area contributed by atoms with Gasteiger partial charge in [0.15, 0.2) is 0 Å². The number of carbonyl (C=O) groups is 2. The van der Waals surface area contributed by atoms with E-state index in [0.717, 1.165) is 26.2 Å². The van der Waals surface area contributed by atoms with E-state index in [2.05, 4.69) is 10.2 Å². The zero-order chi connectivity index (χ0) is 14.4. The fourth-order valence-corrected chi connectivity index (χ4v) is 2.84. The van der Waals surface area contributed by atoms with Crippen LogP contribution in [-0.4, -0.2) is 78.9 Å². The minimum atomic E-state index is -0.996. The topological polar surface area (TPSA) is 82.1 Å². The quantitative estimate of drug-likeness (QED) is 0.693. The molecule has 0 aromatic carbocycles. The molecule has 0 bridgehead atoms. The van der Waals surface area contributed by atoms with Gasteiger partial charge in [-0.15, -0.1) is 0 Å². The molecular weight excluding hydrogens is 262 g/mol. The van der Waals surface area contributed by atoms with Crippen LogP contribution in [0.1, 0.15) is 19.3 Å². The number of carboxylic acid groups (broad SMARTS) is 1. The first-order valence-corrected chi connectivity index (χ1v) is 7.23. The molecule has 20 heavy (non-hydrogen) atoms. The summed E-state index contributed by atoms with van der Waals surface area (Å²) in [6.07, 6.45) is 3.69. The number of piperidine rings is 1. The standard InChI is InChI=1S/C13H23N3O4/c17-12(18)10-20-8-4-14-13(19)16-7-6-15-5-2-1-3-11(15)9-16/h11H,1-10H2,(H,14,19)(H,17,18). The van der Waals surface area contributed by atoms with E-state index >= 15 is 0 Å². The molecule has 1 unspecified atom stereocenters. The van der Waals surface area contributed by atoms with Gasteiger partial charge in [-0.1, -0.05) is 6.42 Å². The SMILES string of the molecule is O=C(O)COCCNC(=O)N1CCN2CCCCC2C1. The number of nitrogens with zero attached hydrogens (tertiary/aromatic N) is 2. The zero-order valence-electron chi connectivity index (χ0n) is 11.7. The van der Waals surface area contributed by atoms with Gasteiger partial charge in [-0.3, -0.25) is 4.90 Å². The van der Waals surface area contributed by atoms with E-state index in [9.17, 15) is 9.59 Å². The highest BCUT2D eigenvalue weighted by molar-refractivity contribution is 5.74. The van der Waals surface area contributed by atoms with E-state index in [1.54, 1.807) is 0 Å². The van der Waals surface area contributed by atoms with Gasteiger partial charge in [0.05, 0.1) is 6.61 Å². The Kier molecular flexibility index (Phi) is 5.60. The lowest BCUT2D eigenvalue weighted by Gasteiger charge is -2.43. The average molecular weight is 285 g/mol. The molecule has 0 saturated carbocycles. The number of urea groups is 1. The molecule has 2 saturated heterocycles. The summed E-state index contributed by atoms with van der Waals surface area (Å²) in [4.78, 5) is 26.6. The first-order valence-electron chi connectivity index (χ1n) is 7.23. The summed E-state index contributed by atoms with van der Waals surface area (Å²) >= 11 is 0. The Morgan fingerprint density at radius 1 is 1.25 bits per heavy atom. The van der Waals surface area contributed by atoms with Gasteiger partial charge in [-0.25, -0.2) is 9.59 Å². The molecule has 1 atom stereocenters. The first-order chi connectivity index (χ1) is 9.66. The van der Waals surface area contributed by atoms with Crippen molar-refractivity contribution in [1.82, 2.24) is 15.1 Å². The molecule has 2 heterocycles. The number of carbonyl (C=O) groups excluding carboxylic acids is 1. The molecular formula is C13H23N3O4. The summed E-state index contributed by atoms with van der Waals surface area (Å²) in [5.41, 5.74) is 0. The molecule has 7 heteroatoms. The smallest absolute Gasteiger partial charge is 0.329 e. The van der Waals surface area contributed by atoms with Crippen LogP contribution < -0.4 is 5.32 Å².